The zero-order chi connectivity index (χ0) is 15.5. The van der Waals surface area contributed by atoms with Crippen LogP contribution in [0, 0.1) is 5.82 Å². The Balaban J connectivity index is 2.21. The van der Waals surface area contributed by atoms with Gasteiger partial charge in [-0.3, -0.25) is 9.59 Å². The minimum absolute atomic E-state index is 0.111. The Labute approximate surface area is 129 Å². The second-order valence-electron chi connectivity index (χ2n) is 5.04. The number of hydrogen-bond donors (Lipinski definition) is 2. The molecule has 1 aliphatic heterocycles. The SMILES string of the molecule is O=C(O)CC1(NC(=O)c2cc(Br)ccc2F)CCOCC1. The fraction of sp³-hybridized carbons (Fsp3) is 0.429. The predicted octanol–water partition coefficient (Wildman–Crippen LogP) is 2.34. The number of carbonyl (C=O) groups is 2. The van der Waals surface area contributed by atoms with Gasteiger partial charge in [0.05, 0.1) is 17.5 Å². The van der Waals surface area contributed by atoms with Gasteiger partial charge < -0.3 is 15.2 Å². The van der Waals surface area contributed by atoms with E-state index in [1.54, 1.807) is 0 Å². The summed E-state index contributed by atoms with van der Waals surface area (Å²) in [7, 11) is 0. The van der Waals surface area contributed by atoms with E-state index in [1.165, 1.54) is 18.2 Å². The van der Waals surface area contributed by atoms with Crippen LogP contribution in [-0.4, -0.2) is 35.7 Å². The van der Waals surface area contributed by atoms with Crippen molar-refractivity contribution >= 4 is 27.8 Å². The Kier molecular flexibility index (Phi) is 4.95. The highest BCUT2D eigenvalue weighted by atomic mass is 79.9. The summed E-state index contributed by atoms with van der Waals surface area (Å²) in [6, 6.07) is 4.05. The van der Waals surface area contributed by atoms with Crippen LogP contribution in [0.2, 0.25) is 0 Å². The Bertz CT molecular complexity index is 558. The number of halogens is 2. The predicted molar refractivity (Wildman–Crippen MR) is 76.6 cm³/mol. The van der Waals surface area contributed by atoms with Crippen molar-refractivity contribution in [1.29, 1.82) is 0 Å². The molecule has 0 aliphatic carbocycles. The molecule has 0 unspecified atom stereocenters. The second kappa shape index (κ2) is 6.53. The number of carbonyl (C=O) groups excluding carboxylic acids is 1. The van der Waals surface area contributed by atoms with Crippen molar-refractivity contribution in [1.82, 2.24) is 5.32 Å². The van der Waals surface area contributed by atoms with Crippen molar-refractivity contribution in [2.75, 3.05) is 13.2 Å². The largest absolute Gasteiger partial charge is 0.481 e. The highest BCUT2D eigenvalue weighted by molar-refractivity contribution is 9.10. The van der Waals surface area contributed by atoms with Crippen molar-refractivity contribution in [3.8, 4) is 0 Å². The fourth-order valence-electron chi connectivity index (χ4n) is 2.38. The molecule has 114 valence electrons. The minimum Gasteiger partial charge on any atom is -0.481 e. The van der Waals surface area contributed by atoms with E-state index in [1.807, 2.05) is 0 Å². The standard InChI is InChI=1S/C14H15BrFNO4/c15-9-1-2-11(16)10(7-9)13(20)17-14(8-12(18)19)3-5-21-6-4-14/h1-2,7H,3-6,8H2,(H,17,20)(H,18,19). The molecule has 5 nitrogen and oxygen atoms in total. The van der Waals surface area contributed by atoms with Crippen molar-refractivity contribution < 1.29 is 23.8 Å². The average molecular weight is 360 g/mol. The molecule has 1 fully saturated rings. The van der Waals surface area contributed by atoms with E-state index in [0.717, 1.165) is 0 Å². The van der Waals surface area contributed by atoms with Crippen LogP contribution in [0.1, 0.15) is 29.6 Å². The smallest absolute Gasteiger partial charge is 0.305 e. The molecule has 1 saturated heterocycles. The molecule has 2 rings (SSSR count). The normalized spacial score (nSPS) is 17.2. The molecular formula is C14H15BrFNO4. The Morgan fingerprint density at radius 2 is 2.05 bits per heavy atom. The molecule has 1 amide bonds. The first-order chi connectivity index (χ1) is 9.92. The topological polar surface area (TPSA) is 75.6 Å². The number of aliphatic carboxylic acids is 1. The molecule has 0 atom stereocenters. The first-order valence-corrected chi connectivity index (χ1v) is 7.28. The van der Waals surface area contributed by atoms with Crippen LogP contribution in [0.4, 0.5) is 4.39 Å². The molecule has 1 aromatic rings. The van der Waals surface area contributed by atoms with Gasteiger partial charge >= 0.3 is 5.97 Å². The molecular weight excluding hydrogens is 345 g/mol. The second-order valence-corrected chi connectivity index (χ2v) is 5.96. The maximum absolute atomic E-state index is 13.7. The summed E-state index contributed by atoms with van der Waals surface area (Å²) in [6.45, 7) is 0.739. The van der Waals surface area contributed by atoms with E-state index in [4.69, 9.17) is 9.84 Å². The van der Waals surface area contributed by atoms with Crippen LogP contribution < -0.4 is 5.32 Å². The highest BCUT2D eigenvalue weighted by Gasteiger charge is 2.37. The Hall–Kier alpha value is -1.47. The lowest BCUT2D eigenvalue weighted by atomic mass is 9.86. The van der Waals surface area contributed by atoms with Crippen LogP contribution in [0.5, 0.6) is 0 Å². The third-order valence-corrected chi connectivity index (χ3v) is 3.98. The number of amides is 1. The molecule has 21 heavy (non-hydrogen) atoms. The lowest BCUT2D eigenvalue weighted by molar-refractivity contribution is -0.139. The number of rotatable bonds is 4. The molecule has 1 aliphatic rings. The molecule has 1 aromatic carbocycles. The van der Waals surface area contributed by atoms with Gasteiger partial charge in [0.1, 0.15) is 5.82 Å². The van der Waals surface area contributed by atoms with Gasteiger partial charge in [-0.25, -0.2) is 4.39 Å². The lowest BCUT2D eigenvalue weighted by Gasteiger charge is -2.36. The molecule has 0 saturated carbocycles. The number of hydrogen-bond acceptors (Lipinski definition) is 3. The number of carboxylic acids is 1. The van der Waals surface area contributed by atoms with Crippen molar-refractivity contribution in [3.05, 3.63) is 34.1 Å². The summed E-state index contributed by atoms with van der Waals surface area (Å²) in [5, 5.41) is 11.7. The summed E-state index contributed by atoms with van der Waals surface area (Å²) in [5.74, 6) is -2.27. The van der Waals surface area contributed by atoms with E-state index >= 15 is 0 Å². The Morgan fingerprint density at radius 1 is 1.38 bits per heavy atom. The van der Waals surface area contributed by atoms with E-state index in [9.17, 15) is 14.0 Å². The number of benzene rings is 1. The van der Waals surface area contributed by atoms with Gasteiger partial charge in [-0.2, -0.15) is 0 Å². The summed E-state index contributed by atoms with van der Waals surface area (Å²) in [4.78, 5) is 23.3. The van der Waals surface area contributed by atoms with Crippen molar-refractivity contribution in [3.63, 3.8) is 0 Å². The van der Waals surface area contributed by atoms with Crippen LogP contribution in [0.25, 0.3) is 0 Å². The first-order valence-electron chi connectivity index (χ1n) is 6.49. The van der Waals surface area contributed by atoms with Crippen molar-refractivity contribution in [2.45, 2.75) is 24.8 Å². The highest BCUT2D eigenvalue weighted by Crippen LogP contribution is 2.26. The zero-order valence-electron chi connectivity index (χ0n) is 11.2. The van der Waals surface area contributed by atoms with Crippen LogP contribution in [-0.2, 0) is 9.53 Å². The minimum atomic E-state index is -1.01. The third kappa shape index (κ3) is 4.01. The fourth-order valence-corrected chi connectivity index (χ4v) is 2.74. The van der Waals surface area contributed by atoms with Crippen molar-refractivity contribution in [2.24, 2.45) is 0 Å². The molecule has 1 heterocycles. The molecule has 0 spiro atoms. The summed E-state index contributed by atoms with van der Waals surface area (Å²) >= 11 is 3.18. The summed E-state index contributed by atoms with van der Waals surface area (Å²) < 4.78 is 19.5. The molecule has 2 N–H and O–H groups in total. The summed E-state index contributed by atoms with van der Waals surface area (Å²) in [6.07, 6.45) is 0.568. The van der Waals surface area contributed by atoms with Gasteiger partial charge in [-0.1, -0.05) is 15.9 Å². The van der Waals surface area contributed by atoms with Gasteiger partial charge in [-0.05, 0) is 31.0 Å². The maximum atomic E-state index is 13.7. The van der Waals surface area contributed by atoms with Crippen LogP contribution in [0.15, 0.2) is 22.7 Å². The van der Waals surface area contributed by atoms with E-state index in [0.29, 0.717) is 30.5 Å². The zero-order valence-corrected chi connectivity index (χ0v) is 12.8. The van der Waals surface area contributed by atoms with E-state index < -0.39 is 23.2 Å². The number of ether oxygens (including phenoxy) is 1. The monoisotopic (exact) mass is 359 g/mol. The average Bonchev–Trinajstić information content (AvgIpc) is 2.41. The van der Waals surface area contributed by atoms with Crippen LogP contribution >= 0.6 is 15.9 Å². The Morgan fingerprint density at radius 3 is 2.67 bits per heavy atom. The van der Waals surface area contributed by atoms with Gasteiger partial charge in [0, 0.05) is 17.7 Å². The van der Waals surface area contributed by atoms with Gasteiger partial charge in [0.25, 0.3) is 5.91 Å². The molecule has 0 aromatic heterocycles. The van der Waals surface area contributed by atoms with Gasteiger partial charge in [0.15, 0.2) is 0 Å². The number of nitrogens with one attached hydrogen (secondary N) is 1. The van der Waals surface area contributed by atoms with E-state index in [-0.39, 0.29) is 12.0 Å². The first kappa shape index (κ1) is 15.9. The third-order valence-electron chi connectivity index (χ3n) is 3.49. The van der Waals surface area contributed by atoms with Gasteiger partial charge in [0.2, 0.25) is 0 Å². The van der Waals surface area contributed by atoms with Crippen LogP contribution in [0.3, 0.4) is 0 Å². The summed E-state index contributed by atoms with van der Waals surface area (Å²) in [5.41, 5.74) is -1.00. The van der Waals surface area contributed by atoms with Gasteiger partial charge in [-0.15, -0.1) is 0 Å². The quantitative estimate of drug-likeness (QED) is 0.864. The molecule has 0 bridgehead atoms. The van der Waals surface area contributed by atoms with E-state index in [2.05, 4.69) is 21.2 Å². The lowest BCUT2D eigenvalue weighted by Crippen LogP contribution is -2.53. The maximum Gasteiger partial charge on any atom is 0.305 e. The number of carboxylic acid groups (broad SMARTS) is 1. The molecule has 7 heteroatoms. The molecule has 0 radical (unpaired) electrons.